The maximum Gasteiger partial charge on any atom is 0.341 e. The Balaban J connectivity index is 1.60. The van der Waals surface area contributed by atoms with Crippen molar-refractivity contribution in [2.24, 2.45) is 0 Å². The van der Waals surface area contributed by atoms with Crippen LogP contribution in [-0.2, 0) is 16.1 Å². The number of hydrogen-bond acceptors (Lipinski definition) is 7. The maximum absolute atomic E-state index is 12.9. The van der Waals surface area contributed by atoms with E-state index >= 15 is 0 Å². The second kappa shape index (κ2) is 7.85. The van der Waals surface area contributed by atoms with Crippen molar-refractivity contribution in [2.75, 3.05) is 7.11 Å². The Bertz CT molecular complexity index is 1270. The van der Waals surface area contributed by atoms with Crippen molar-refractivity contribution in [1.29, 1.82) is 0 Å². The van der Waals surface area contributed by atoms with Crippen molar-refractivity contribution < 1.29 is 33.1 Å². The van der Waals surface area contributed by atoms with E-state index in [1.807, 2.05) is 0 Å². The first-order valence-corrected chi connectivity index (χ1v) is 9.57. The van der Waals surface area contributed by atoms with Crippen LogP contribution >= 0.6 is 11.6 Å². The molecule has 4 rings (SSSR count). The molecule has 0 saturated carbocycles. The number of esters is 2. The highest BCUT2D eigenvalue weighted by molar-refractivity contribution is 6.41. The van der Waals surface area contributed by atoms with Gasteiger partial charge in [0.1, 0.15) is 23.7 Å². The van der Waals surface area contributed by atoms with Crippen molar-refractivity contribution in [1.82, 2.24) is 0 Å². The summed E-state index contributed by atoms with van der Waals surface area (Å²) in [4.78, 5) is 49.9. The Morgan fingerprint density at radius 1 is 0.935 bits per heavy atom. The summed E-state index contributed by atoms with van der Waals surface area (Å²) in [6, 6.07) is 10.6. The van der Waals surface area contributed by atoms with Crippen molar-refractivity contribution in [2.45, 2.75) is 13.5 Å². The monoisotopic (exact) mass is 438 g/mol. The molecule has 3 aromatic rings. The number of ether oxygens (including phenoxy) is 2. The van der Waals surface area contributed by atoms with Crippen LogP contribution in [0.4, 0.5) is 0 Å². The zero-order chi connectivity index (χ0) is 22.3. The minimum Gasteiger partial charge on any atom is -0.465 e. The van der Waals surface area contributed by atoms with Gasteiger partial charge in [-0.05, 0) is 25.1 Å². The summed E-state index contributed by atoms with van der Waals surface area (Å²) >= 11 is 6.36. The summed E-state index contributed by atoms with van der Waals surface area (Å²) in [6.45, 7) is 1.32. The molecule has 0 unspecified atom stereocenters. The van der Waals surface area contributed by atoms with Crippen LogP contribution in [0.15, 0.2) is 46.9 Å². The summed E-state index contributed by atoms with van der Waals surface area (Å²) in [5.74, 6) is -1.59. The largest absolute Gasteiger partial charge is 0.465 e. The van der Waals surface area contributed by atoms with E-state index in [-0.39, 0.29) is 51.0 Å². The molecule has 1 aromatic heterocycles. The molecule has 0 radical (unpaired) electrons. The number of rotatable bonds is 4. The first kappa shape index (κ1) is 20.6. The van der Waals surface area contributed by atoms with Crippen LogP contribution in [0.2, 0.25) is 5.02 Å². The molecule has 1 aliphatic carbocycles. The molecule has 2 aromatic carbocycles. The average Bonchev–Trinajstić information content (AvgIpc) is 3.15. The molecule has 31 heavy (non-hydrogen) atoms. The predicted octanol–water partition coefficient (Wildman–Crippen LogP) is 4.16. The third-order valence-electron chi connectivity index (χ3n) is 4.97. The number of carbonyl (C=O) groups excluding carboxylic acids is 4. The molecule has 0 saturated heterocycles. The van der Waals surface area contributed by atoms with Gasteiger partial charge in [0, 0.05) is 16.7 Å². The number of halogens is 1. The lowest BCUT2D eigenvalue weighted by Gasteiger charge is -2.19. The second-order valence-corrected chi connectivity index (χ2v) is 7.18. The number of carbonyl (C=O) groups is 4. The zero-order valence-corrected chi connectivity index (χ0v) is 17.2. The summed E-state index contributed by atoms with van der Waals surface area (Å²) in [6.07, 6.45) is 0. The molecule has 0 amide bonds. The van der Waals surface area contributed by atoms with Gasteiger partial charge in [-0.2, -0.15) is 0 Å². The molecular formula is C23H15ClO7. The summed E-state index contributed by atoms with van der Waals surface area (Å²) in [7, 11) is 1.25. The first-order valence-electron chi connectivity index (χ1n) is 9.19. The van der Waals surface area contributed by atoms with Crippen LogP contribution in [0.1, 0.15) is 64.1 Å². The third kappa shape index (κ3) is 3.43. The topological polar surface area (TPSA) is 99.9 Å². The smallest absolute Gasteiger partial charge is 0.341 e. The van der Waals surface area contributed by atoms with E-state index in [0.29, 0.717) is 11.3 Å². The molecule has 0 spiro atoms. The maximum atomic E-state index is 12.9. The molecule has 8 heteroatoms. The molecular weight excluding hydrogens is 424 g/mol. The van der Waals surface area contributed by atoms with E-state index in [2.05, 4.69) is 4.74 Å². The molecule has 1 heterocycles. The van der Waals surface area contributed by atoms with E-state index in [0.717, 1.165) is 0 Å². The van der Waals surface area contributed by atoms with E-state index in [1.165, 1.54) is 31.4 Å². The number of benzene rings is 2. The van der Waals surface area contributed by atoms with Gasteiger partial charge in [-0.15, -0.1) is 0 Å². The number of furan rings is 1. The van der Waals surface area contributed by atoms with Gasteiger partial charge in [0.05, 0.1) is 23.3 Å². The molecule has 0 aliphatic heterocycles. The number of methoxy groups -OCH3 is 1. The first-order chi connectivity index (χ1) is 14.8. The second-order valence-electron chi connectivity index (χ2n) is 6.80. The highest BCUT2D eigenvalue weighted by atomic mass is 35.5. The van der Waals surface area contributed by atoms with Crippen molar-refractivity contribution in [3.05, 3.63) is 92.4 Å². The normalized spacial score (nSPS) is 12.2. The number of fused-ring (bicyclic) bond motifs is 2. The van der Waals surface area contributed by atoms with Gasteiger partial charge in [0.2, 0.25) is 0 Å². The minimum absolute atomic E-state index is 0.0263. The summed E-state index contributed by atoms with van der Waals surface area (Å²) in [5, 5.41) is -0.152. The zero-order valence-electron chi connectivity index (χ0n) is 16.5. The molecule has 1 aliphatic rings. The number of ketones is 2. The summed E-state index contributed by atoms with van der Waals surface area (Å²) in [5.41, 5.74) is 0.798. The molecule has 7 nitrogen and oxygen atoms in total. The van der Waals surface area contributed by atoms with Gasteiger partial charge in [-0.3, -0.25) is 9.59 Å². The van der Waals surface area contributed by atoms with Crippen LogP contribution in [0.5, 0.6) is 0 Å². The lowest BCUT2D eigenvalue weighted by Crippen LogP contribution is -2.22. The predicted molar refractivity (Wildman–Crippen MR) is 109 cm³/mol. The minimum atomic E-state index is -0.805. The number of aryl methyl sites for hydroxylation is 1. The van der Waals surface area contributed by atoms with E-state index in [4.69, 9.17) is 20.8 Å². The van der Waals surface area contributed by atoms with Gasteiger partial charge >= 0.3 is 11.9 Å². The van der Waals surface area contributed by atoms with Gasteiger partial charge in [-0.1, -0.05) is 35.9 Å². The standard InChI is InChI=1S/C23H15ClO7/c1-11-17(22(27)29-2)9-12(31-11)10-30-23(28)16-8-7-15-18(19(16)24)21(26)14-6-4-3-5-13(14)20(15)25/h3-9H,10H2,1-2H3. The van der Waals surface area contributed by atoms with Crippen molar-refractivity contribution in [3.8, 4) is 0 Å². The fraction of sp³-hybridized carbons (Fsp3) is 0.130. The van der Waals surface area contributed by atoms with Gasteiger partial charge in [-0.25, -0.2) is 9.59 Å². The Kier molecular flexibility index (Phi) is 5.20. The lowest BCUT2D eigenvalue weighted by atomic mass is 9.83. The van der Waals surface area contributed by atoms with Crippen LogP contribution in [0, 0.1) is 6.92 Å². The molecule has 0 atom stereocenters. The van der Waals surface area contributed by atoms with Crippen molar-refractivity contribution >= 4 is 35.1 Å². The Morgan fingerprint density at radius 3 is 2.29 bits per heavy atom. The quantitative estimate of drug-likeness (QED) is 0.441. The van der Waals surface area contributed by atoms with Gasteiger partial charge in [0.15, 0.2) is 11.6 Å². The van der Waals surface area contributed by atoms with E-state index < -0.39 is 17.7 Å². The summed E-state index contributed by atoms with van der Waals surface area (Å²) < 4.78 is 15.3. The molecule has 0 N–H and O–H groups in total. The Labute approximate surface area is 181 Å². The van der Waals surface area contributed by atoms with Crippen LogP contribution in [0.3, 0.4) is 0 Å². The number of hydrogen-bond donors (Lipinski definition) is 0. The fourth-order valence-corrected chi connectivity index (χ4v) is 3.77. The molecule has 0 fully saturated rings. The van der Waals surface area contributed by atoms with Gasteiger partial charge in [0.25, 0.3) is 0 Å². The third-order valence-corrected chi connectivity index (χ3v) is 5.36. The molecule has 156 valence electrons. The lowest BCUT2D eigenvalue weighted by molar-refractivity contribution is 0.0444. The highest BCUT2D eigenvalue weighted by Gasteiger charge is 2.33. The Morgan fingerprint density at radius 2 is 1.61 bits per heavy atom. The fourth-order valence-electron chi connectivity index (χ4n) is 3.45. The molecule has 0 bridgehead atoms. The average molecular weight is 439 g/mol. The van der Waals surface area contributed by atoms with E-state index in [1.54, 1.807) is 25.1 Å². The van der Waals surface area contributed by atoms with E-state index in [9.17, 15) is 19.2 Å². The van der Waals surface area contributed by atoms with Crippen LogP contribution < -0.4 is 0 Å². The van der Waals surface area contributed by atoms with Crippen LogP contribution in [-0.4, -0.2) is 30.6 Å². The highest BCUT2D eigenvalue weighted by Crippen LogP contribution is 2.34. The van der Waals surface area contributed by atoms with Crippen LogP contribution in [0.25, 0.3) is 0 Å². The van der Waals surface area contributed by atoms with Gasteiger partial charge < -0.3 is 13.9 Å². The SMILES string of the molecule is COC(=O)c1cc(COC(=O)c2ccc3c(c2Cl)C(=O)c2ccccc2C3=O)oc1C. The van der Waals surface area contributed by atoms with Crippen molar-refractivity contribution in [3.63, 3.8) is 0 Å². The Hall–Kier alpha value is -3.71.